The smallest absolute Gasteiger partial charge is 0.270 e. The lowest BCUT2D eigenvalue weighted by Gasteiger charge is -2.36. The van der Waals surface area contributed by atoms with E-state index >= 15 is 0 Å². The number of carbonyl (C=O) groups excluding carboxylic acids is 2. The summed E-state index contributed by atoms with van der Waals surface area (Å²) in [6, 6.07) is 23.0. The Kier molecular flexibility index (Phi) is 7.25. The van der Waals surface area contributed by atoms with Gasteiger partial charge in [0.15, 0.2) is 23.2 Å². The van der Waals surface area contributed by atoms with Crippen LogP contribution in [-0.2, 0) is 9.59 Å². The number of thiocarbonyl (C=S) groups is 1. The number of amides is 2. The molecule has 3 aromatic rings. The second-order valence-electron chi connectivity index (χ2n) is 7.27. The van der Waals surface area contributed by atoms with Crippen LogP contribution in [0.25, 0.3) is 6.08 Å². The summed E-state index contributed by atoms with van der Waals surface area (Å²) in [5.74, 6) is -0.403. The molecule has 7 nitrogen and oxygen atoms in total. The number of halogens is 1. The molecule has 3 aromatic carbocycles. The summed E-state index contributed by atoms with van der Waals surface area (Å²) in [5.41, 5.74) is 1.52. The lowest BCUT2D eigenvalue weighted by molar-refractivity contribution is -0.120. The molecule has 1 heterocycles. The number of nitriles is 1. The maximum atomic E-state index is 13.6. The van der Waals surface area contributed by atoms with E-state index in [4.69, 9.17) is 27.0 Å². The number of benzene rings is 3. The molecule has 0 atom stereocenters. The maximum Gasteiger partial charge on any atom is 0.270 e. The third kappa shape index (κ3) is 4.80. The molecule has 4 rings (SSSR count). The number of carbonyl (C=O) groups is 2. The van der Waals surface area contributed by atoms with Crippen LogP contribution in [0.5, 0.6) is 11.5 Å². The topological polar surface area (TPSA) is 82.9 Å². The number of ether oxygens (including phenoxy) is 2. The molecule has 35 heavy (non-hydrogen) atoms. The lowest BCUT2D eigenvalue weighted by Crippen LogP contribution is -2.56. The number of hydrogen-bond donors (Lipinski definition) is 0. The largest absolute Gasteiger partial charge is 0.493 e. The Morgan fingerprint density at radius 2 is 1.51 bits per heavy atom. The van der Waals surface area contributed by atoms with Crippen molar-refractivity contribution in [2.24, 2.45) is 0 Å². The summed E-state index contributed by atoms with van der Waals surface area (Å²) < 4.78 is 11.3. The van der Waals surface area contributed by atoms with E-state index in [2.05, 4.69) is 15.9 Å². The summed E-state index contributed by atoms with van der Waals surface area (Å²) in [7, 11) is 1.46. The van der Waals surface area contributed by atoms with E-state index < -0.39 is 11.8 Å². The minimum Gasteiger partial charge on any atom is -0.493 e. The normalized spacial score (nSPS) is 13.5. The molecule has 0 saturated carbocycles. The standard InChI is InChI=1S/C26H18BrN3O4S/c1-33-22-16-17(15-21(27)23(22)34-13-12-28)14-20-24(31)29(18-8-4-2-5-9-18)26(35)30(25(20)32)19-10-6-3-7-11-19/h2-11,14-16H,13H2,1H3. The first-order valence-electron chi connectivity index (χ1n) is 10.4. The van der Waals surface area contributed by atoms with Gasteiger partial charge in [0.25, 0.3) is 11.8 Å². The maximum absolute atomic E-state index is 13.6. The van der Waals surface area contributed by atoms with E-state index in [-0.39, 0.29) is 17.3 Å². The minimum absolute atomic E-state index is 0.0635. The first-order valence-corrected chi connectivity index (χ1v) is 11.6. The Bertz CT molecular complexity index is 1310. The van der Waals surface area contributed by atoms with Crippen molar-refractivity contribution in [1.82, 2.24) is 0 Å². The number of nitrogens with zero attached hydrogens (tertiary/aromatic N) is 3. The predicted octanol–water partition coefficient (Wildman–Crippen LogP) is 5.11. The molecule has 0 aromatic heterocycles. The molecular weight excluding hydrogens is 530 g/mol. The van der Waals surface area contributed by atoms with Crippen LogP contribution in [0, 0.1) is 11.3 Å². The van der Waals surface area contributed by atoms with Crippen molar-refractivity contribution < 1.29 is 19.1 Å². The zero-order chi connectivity index (χ0) is 24.9. The van der Waals surface area contributed by atoms with Crippen molar-refractivity contribution >= 4 is 62.5 Å². The SMILES string of the molecule is COc1cc(C=C2C(=O)N(c3ccccc3)C(=S)N(c3ccccc3)C2=O)cc(Br)c1OCC#N. The van der Waals surface area contributed by atoms with Crippen LogP contribution in [0.3, 0.4) is 0 Å². The van der Waals surface area contributed by atoms with Gasteiger partial charge in [0.1, 0.15) is 11.6 Å². The molecule has 0 bridgehead atoms. The van der Waals surface area contributed by atoms with Crippen molar-refractivity contribution in [3.8, 4) is 17.6 Å². The Hall–Kier alpha value is -4.00. The van der Waals surface area contributed by atoms with Crippen molar-refractivity contribution in [1.29, 1.82) is 5.26 Å². The second-order valence-corrected chi connectivity index (χ2v) is 8.49. The first-order chi connectivity index (χ1) is 17.0. The van der Waals surface area contributed by atoms with Crippen molar-refractivity contribution in [2.75, 3.05) is 23.5 Å². The fourth-order valence-corrected chi connectivity index (χ4v) is 4.52. The Morgan fingerprint density at radius 3 is 2.00 bits per heavy atom. The second kappa shape index (κ2) is 10.5. The van der Waals surface area contributed by atoms with E-state index in [0.717, 1.165) is 0 Å². The van der Waals surface area contributed by atoms with Gasteiger partial charge in [0.2, 0.25) is 0 Å². The van der Waals surface area contributed by atoms with Gasteiger partial charge in [-0.3, -0.25) is 19.4 Å². The highest BCUT2D eigenvalue weighted by atomic mass is 79.9. The zero-order valence-corrected chi connectivity index (χ0v) is 20.9. The van der Waals surface area contributed by atoms with Gasteiger partial charge in [-0.1, -0.05) is 36.4 Å². The third-order valence-electron chi connectivity index (χ3n) is 5.12. The number of hydrogen-bond acceptors (Lipinski definition) is 6. The van der Waals surface area contributed by atoms with E-state index in [1.807, 2.05) is 18.2 Å². The van der Waals surface area contributed by atoms with Crippen LogP contribution in [0.2, 0.25) is 0 Å². The highest BCUT2D eigenvalue weighted by molar-refractivity contribution is 9.10. The van der Waals surface area contributed by atoms with Gasteiger partial charge in [0, 0.05) is 0 Å². The molecule has 2 amide bonds. The Morgan fingerprint density at radius 1 is 0.971 bits per heavy atom. The van der Waals surface area contributed by atoms with E-state index in [9.17, 15) is 9.59 Å². The molecule has 0 radical (unpaired) electrons. The summed E-state index contributed by atoms with van der Waals surface area (Å²) >= 11 is 9.03. The average molecular weight is 548 g/mol. The van der Waals surface area contributed by atoms with E-state index in [0.29, 0.717) is 32.9 Å². The quantitative estimate of drug-likeness (QED) is 0.242. The molecule has 9 heteroatoms. The highest BCUT2D eigenvalue weighted by Crippen LogP contribution is 2.38. The first kappa shape index (κ1) is 24.1. The molecule has 1 aliphatic rings. The number of methoxy groups -OCH3 is 1. The van der Waals surface area contributed by atoms with Crippen molar-refractivity contribution in [2.45, 2.75) is 0 Å². The molecule has 1 saturated heterocycles. The average Bonchev–Trinajstić information content (AvgIpc) is 2.87. The molecule has 0 N–H and O–H groups in total. The third-order valence-corrected chi connectivity index (χ3v) is 6.08. The predicted molar refractivity (Wildman–Crippen MR) is 140 cm³/mol. The van der Waals surface area contributed by atoms with Gasteiger partial charge in [-0.05, 0) is 76.2 Å². The van der Waals surface area contributed by atoms with Gasteiger partial charge in [-0.25, -0.2) is 0 Å². The number of para-hydroxylation sites is 2. The van der Waals surface area contributed by atoms with Crippen LogP contribution in [0.15, 0.2) is 82.8 Å². The van der Waals surface area contributed by atoms with Crippen LogP contribution >= 0.6 is 28.1 Å². The highest BCUT2D eigenvalue weighted by Gasteiger charge is 2.41. The van der Waals surface area contributed by atoms with Gasteiger partial charge in [0.05, 0.1) is 23.0 Å². The Labute approximate surface area is 215 Å². The van der Waals surface area contributed by atoms with Gasteiger partial charge in [-0.15, -0.1) is 0 Å². The molecule has 0 spiro atoms. The summed E-state index contributed by atoms with van der Waals surface area (Å²) in [4.78, 5) is 29.9. The van der Waals surface area contributed by atoms with Crippen LogP contribution in [0.4, 0.5) is 11.4 Å². The molecule has 0 unspecified atom stereocenters. The van der Waals surface area contributed by atoms with Crippen molar-refractivity contribution in [3.05, 3.63) is 88.4 Å². The van der Waals surface area contributed by atoms with Crippen molar-refractivity contribution in [3.63, 3.8) is 0 Å². The van der Waals surface area contributed by atoms with Gasteiger partial charge < -0.3 is 9.47 Å². The van der Waals surface area contributed by atoms with Gasteiger partial charge >= 0.3 is 0 Å². The number of anilines is 2. The van der Waals surface area contributed by atoms with Crippen LogP contribution in [-0.4, -0.2) is 30.6 Å². The lowest BCUT2D eigenvalue weighted by atomic mass is 10.0. The minimum atomic E-state index is -0.543. The summed E-state index contributed by atoms with van der Waals surface area (Å²) in [6.45, 7) is -0.165. The van der Waals surface area contributed by atoms with E-state index in [1.54, 1.807) is 60.7 Å². The summed E-state index contributed by atoms with van der Waals surface area (Å²) in [6.07, 6.45) is 1.49. The summed E-state index contributed by atoms with van der Waals surface area (Å²) in [5, 5.41) is 8.90. The molecule has 0 aliphatic carbocycles. The molecule has 174 valence electrons. The van der Waals surface area contributed by atoms with E-state index in [1.165, 1.54) is 23.0 Å². The monoisotopic (exact) mass is 547 g/mol. The van der Waals surface area contributed by atoms with Crippen LogP contribution < -0.4 is 19.3 Å². The Balaban J connectivity index is 1.85. The number of rotatable bonds is 6. The fourth-order valence-electron chi connectivity index (χ4n) is 3.57. The molecule has 1 fully saturated rings. The van der Waals surface area contributed by atoms with Gasteiger partial charge in [-0.2, -0.15) is 5.26 Å². The van der Waals surface area contributed by atoms with Crippen LogP contribution in [0.1, 0.15) is 5.56 Å². The fraction of sp³-hybridized carbons (Fsp3) is 0.0769. The molecule has 1 aliphatic heterocycles. The molecular formula is C26H18BrN3O4S. The zero-order valence-electron chi connectivity index (χ0n) is 18.5.